The normalized spacial score (nSPS) is 11.9. The van der Waals surface area contributed by atoms with Crippen molar-refractivity contribution in [3.05, 3.63) is 28.8 Å². The molecule has 1 aromatic carbocycles. The molecule has 0 aliphatic rings. The van der Waals surface area contributed by atoms with Gasteiger partial charge < -0.3 is 16.8 Å². The SMILES string of the molecule is CCCC[C@H](N)C(=O)Nc1ccc(C(N)=O)c(Cl)c1. The van der Waals surface area contributed by atoms with Gasteiger partial charge >= 0.3 is 0 Å². The summed E-state index contributed by atoms with van der Waals surface area (Å²) in [7, 11) is 0. The number of halogens is 1. The van der Waals surface area contributed by atoms with Crippen LogP contribution in [0.4, 0.5) is 5.69 Å². The number of carbonyl (C=O) groups excluding carboxylic acids is 2. The summed E-state index contributed by atoms with van der Waals surface area (Å²) in [5.74, 6) is -0.876. The van der Waals surface area contributed by atoms with E-state index >= 15 is 0 Å². The zero-order chi connectivity index (χ0) is 14.4. The van der Waals surface area contributed by atoms with Gasteiger partial charge in [-0.1, -0.05) is 31.4 Å². The fraction of sp³-hybridized carbons (Fsp3) is 0.385. The van der Waals surface area contributed by atoms with Crippen molar-refractivity contribution in [3.63, 3.8) is 0 Å². The first kappa shape index (κ1) is 15.5. The Bertz CT molecular complexity index is 477. The Morgan fingerprint density at radius 2 is 2.11 bits per heavy atom. The van der Waals surface area contributed by atoms with E-state index in [1.807, 2.05) is 6.92 Å². The largest absolute Gasteiger partial charge is 0.366 e. The molecule has 0 aliphatic heterocycles. The zero-order valence-electron chi connectivity index (χ0n) is 10.8. The summed E-state index contributed by atoms with van der Waals surface area (Å²) in [5, 5.41) is 2.86. The molecule has 0 fully saturated rings. The minimum absolute atomic E-state index is 0.201. The molecule has 0 unspecified atom stereocenters. The van der Waals surface area contributed by atoms with Crippen LogP contribution in [-0.2, 0) is 4.79 Å². The summed E-state index contributed by atoms with van der Waals surface area (Å²) < 4.78 is 0. The molecule has 1 rings (SSSR count). The maximum atomic E-state index is 11.8. The van der Waals surface area contributed by atoms with Crippen LogP contribution in [-0.4, -0.2) is 17.9 Å². The second kappa shape index (κ2) is 7.11. The predicted molar refractivity (Wildman–Crippen MR) is 76.1 cm³/mol. The van der Waals surface area contributed by atoms with Gasteiger partial charge in [0.1, 0.15) is 0 Å². The van der Waals surface area contributed by atoms with Crippen molar-refractivity contribution in [3.8, 4) is 0 Å². The van der Waals surface area contributed by atoms with Crippen LogP contribution in [0.25, 0.3) is 0 Å². The average molecular weight is 284 g/mol. The van der Waals surface area contributed by atoms with Gasteiger partial charge in [0.05, 0.1) is 16.6 Å². The topological polar surface area (TPSA) is 98.2 Å². The number of benzene rings is 1. The van der Waals surface area contributed by atoms with Gasteiger partial charge in [0.25, 0.3) is 0 Å². The maximum Gasteiger partial charge on any atom is 0.250 e. The molecule has 0 spiro atoms. The summed E-state index contributed by atoms with van der Waals surface area (Å²) in [5.41, 5.74) is 11.6. The van der Waals surface area contributed by atoms with Crippen LogP contribution in [0.2, 0.25) is 5.02 Å². The molecule has 0 radical (unpaired) electrons. The van der Waals surface area contributed by atoms with Gasteiger partial charge in [-0.15, -0.1) is 0 Å². The number of nitrogens with one attached hydrogen (secondary N) is 1. The van der Waals surface area contributed by atoms with Crippen molar-refractivity contribution in [2.75, 3.05) is 5.32 Å². The molecule has 0 heterocycles. The van der Waals surface area contributed by atoms with Gasteiger partial charge in [0, 0.05) is 5.69 Å². The Balaban J connectivity index is 2.70. The number of amides is 2. The highest BCUT2D eigenvalue weighted by Gasteiger charge is 2.14. The molecule has 2 amide bonds. The number of rotatable bonds is 6. The predicted octanol–water partition coefficient (Wildman–Crippen LogP) is 1.89. The lowest BCUT2D eigenvalue weighted by molar-refractivity contribution is -0.117. The van der Waals surface area contributed by atoms with Crippen molar-refractivity contribution in [2.24, 2.45) is 11.5 Å². The minimum atomic E-state index is -0.609. The molecule has 0 aromatic heterocycles. The molecule has 5 nitrogen and oxygen atoms in total. The molecule has 0 aliphatic carbocycles. The Labute approximate surface area is 117 Å². The Kier molecular flexibility index (Phi) is 5.79. The molecule has 104 valence electrons. The van der Waals surface area contributed by atoms with E-state index in [1.54, 1.807) is 6.07 Å². The fourth-order valence-electron chi connectivity index (χ4n) is 1.58. The van der Waals surface area contributed by atoms with Crippen LogP contribution < -0.4 is 16.8 Å². The number of anilines is 1. The van der Waals surface area contributed by atoms with Crippen LogP contribution in [0.3, 0.4) is 0 Å². The quantitative estimate of drug-likeness (QED) is 0.743. The third-order valence-electron chi connectivity index (χ3n) is 2.71. The molecule has 6 heteroatoms. The Morgan fingerprint density at radius 1 is 1.42 bits per heavy atom. The second-order valence-electron chi connectivity index (χ2n) is 4.30. The van der Waals surface area contributed by atoms with E-state index in [0.717, 1.165) is 12.8 Å². The molecular weight excluding hydrogens is 266 g/mol. The van der Waals surface area contributed by atoms with E-state index in [2.05, 4.69) is 5.32 Å². The van der Waals surface area contributed by atoms with Gasteiger partial charge in [0.2, 0.25) is 11.8 Å². The van der Waals surface area contributed by atoms with E-state index in [9.17, 15) is 9.59 Å². The van der Waals surface area contributed by atoms with E-state index in [4.69, 9.17) is 23.1 Å². The smallest absolute Gasteiger partial charge is 0.250 e. The van der Waals surface area contributed by atoms with Gasteiger partial charge in [-0.25, -0.2) is 0 Å². The first-order valence-electron chi connectivity index (χ1n) is 6.11. The average Bonchev–Trinajstić information content (AvgIpc) is 2.35. The second-order valence-corrected chi connectivity index (χ2v) is 4.70. The van der Waals surface area contributed by atoms with Crippen molar-refractivity contribution in [1.29, 1.82) is 0 Å². The third-order valence-corrected chi connectivity index (χ3v) is 3.02. The first-order valence-corrected chi connectivity index (χ1v) is 6.49. The standard InChI is InChI=1S/C13H18ClN3O2/c1-2-3-4-11(15)13(19)17-8-5-6-9(12(16)18)10(14)7-8/h5-7,11H,2-4,15H2,1H3,(H2,16,18)(H,17,19)/t11-/m0/s1. The number of primary amides is 1. The highest BCUT2D eigenvalue weighted by molar-refractivity contribution is 6.34. The summed E-state index contributed by atoms with van der Waals surface area (Å²) >= 11 is 5.89. The molecule has 1 aromatic rings. The molecule has 0 bridgehead atoms. The van der Waals surface area contributed by atoms with E-state index in [-0.39, 0.29) is 16.5 Å². The molecule has 0 saturated carbocycles. The monoisotopic (exact) mass is 283 g/mol. The van der Waals surface area contributed by atoms with Gasteiger partial charge in [0.15, 0.2) is 0 Å². The van der Waals surface area contributed by atoms with Crippen molar-refractivity contribution in [1.82, 2.24) is 0 Å². The number of carbonyl (C=O) groups is 2. The summed E-state index contributed by atoms with van der Waals surface area (Å²) in [6.07, 6.45) is 2.52. The Morgan fingerprint density at radius 3 is 2.63 bits per heavy atom. The molecule has 19 heavy (non-hydrogen) atoms. The molecule has 5 N–H and O–H groups in total. The third kappa shape index (κ3) is 4.54. The van der Waals surface area contributed by atoms with Crippen LogP contribution >= 0.6 is 11.6 Å². The molecule has 1 atom stereocenters. The zero-order valence-corrected chi connectivity index (χ0v) is 11.5. The highest BCUT2D eigenvalue weighted by atomic mass is 35.5. The number of hydrogen-bond acceptors (Lipinski definition) is 3. The van der Waals surface area contributed by atoms with Crippen LogP contribution in [0.1, 0.15) is 36.5 Å². The summed E-state index contributed by atoms with van der Waals surface area (Å²) in [6.45, 7) is 2.03. The van der Waals surface area contributed by atoms with Crippen molar-refractivity contribution < 1.29 is 9.59 Å². The molecule has 0 saturated heterocycles. The number of nitrogens with two attached hydrogens (primary N) is 2. The van der Waals surface area contributed by atoms with Gasteiger partial charge in [-0.05, 0) is 24.6 Å². The van der Waals surface area contributed by atoms with E-state index < -0.39 is 11.9 Å². The summed E-state index contributed by atoms with van der Waals surface area (Å²) in [6, 6.07) is 3.97. The first-order chi connectivity index (χ1) is 8.95. The van der Waals surface area contributed by atoms with Gasteiger partial charge in [-0.3, -0.25) is 9.59 Å². The number of hydrogen-bond donors (Lipinski definition) is 3. The lowest BCUT2D eigenvalue weighted by Gasteiger charge is -2.12. The van der Waals surface area contributed by atoms with Gasteiger partial charge in [-0.2, -0.15) is 0 Å². The highest BCUT2D eigenvalue weighted by Crippen LogP contribution is 2.20. The van der Waals surface area contributed by atoms with Crippen LogP contribution in [0.15, 0.2) is 18.2 Å². The van der Waals surface area contributed by atoms with Crippen molar-refractivity contribution in [2.45, 2.75) is 32.2 Å². The minimum Gasteiger partial charge on any atom is -0.366 e. The lowest BCUT2D eigenvalue weighted by Crippen LogP contribution is -2.35. The van der Waals surface area contributed by atoms with Crippen LogP contribution in [0.5, 0.6) is 0 Å². The number of unbranched alkanes of at least 4 members (excludes halogenated alkanes) is 1. The van der Waals surface area contributed by atoms with E-state index in [1.165, 1.54) is 12.1 Å². The lowest BCUT2D eigenvalue weighted by atomic mass is 10.1. The fourth-order valence-corrected chi connectivity index (χ4v) is 1.86. The van der Waals surface area contributed by atoms with Crippen LogP contribution in [0, 0.1) is 0 Å². The maximum absolute atomic E-state index is 11.8. The van der Waals surface area contributed by atoms with Crippen molar-refractivity contribution >= 4 is 29.1 Å². The van der Waals surface area contributed by atoms with E-state index in [0.29, 0.717) is 12.1 Å². The Hall–Kier alpha value is -1.59. The summed E-state index contributed by atoms with van der Waals surface area (Å²) in [4.78, 5) is 22.8. The molecular formula is C13H18ClN3O2.